The molecule has 1 N–H and O–H groups in total. The van der Waals surface area contributed by atoms with Crippen molar-refractivity contribution in [2.45, 2.75) is 13.0 Å². The highest BCUT2D eigenvalue weighted by atomic mass is 35.5. The summed E-state index contributed by atoms with van der Waals surface area (Å²) in [5.41, 5.74) is 1.98. The lowest BCUT2D eigenvalue weighted by molar-refractivity contribution is -0.384. The summed E-state index contributed by atoms with van der Waals surface area (Å²) in [4.78, 5) is 37.9. The summed E-state index contributed by atoms with van der Waals surface area (Å²) in [6, 6.07) is 17.8. The molecule has 3 aromatic rings. The summed E-state index contributed by atoms with van der Waals surface area (Å²) in [6.07, 6.45) is 0. The molecule has 1 fully saturated rings. The molecule has 0 spiro atoms. The number of hydrogen-bond acceptors (Lipinski definition) is 5. The van der Waals surface area contributed by atoms with E-state index in [9.17, 15) is 24.8 Å². The first-order valence-electron chi connectivity index (χ1n) is 9.66. The number of non-ortho nitro benzene ring substituents is 1. The van der Waals surface area contributed by atoms with Crippen LogP contribution in [0.25, 0.3) is 5.76 Å². The van der Waals surface area contributed by atoms with E-state index in [0.29, 0.717) is 21.8 Å². The van der Waals surface area contributed by atoms with Crippen LogP contribution in [-0.4, -0.2) is 21.7 Å². The van der Waals surface area contributed by atoms with E-state index in [0.717, 1.165) is 5.56 Å². The van der Waals surface area contributed by atoms with E-state index in [1.165, 1.54) is 29.2 Å². The van der Waals surface area contributed by atoms with Gasteiger partial charge < -0.3 is 5.11 Å². The number of benzene rings is 3. The molecular weight excluding hydrogens is 432 g/mol. The Bertz CT molecular complexity index is 1250. The van der Waals surface area contributed by atoms with E-state index < -0.39 is 22.7 Å². The van der Waals surface area contributed by atoms with Crippen molar-refractivity contribution < 1.29 is 19.6 Å². The van der Waals surface area contributed by atoms with Gasteiger partial charge in [-0.1, -0.05) is 29.3 Å². The highest BCUT2D eigenvalue weighted by Crippen LogP contribution is 2.42. The van der Waals surface area contributed by atoms with E-state index in [1.807, 2.05) is 6.92 Å². The van der Waals surface area contributed by atoms with Gasteiger partial charge in [0.2, 0.25) is 0 Å². The number of hydrogen-bond donors (Lipinski definition) is 1. The predicted octanol–water partition coefficient (Wildman–Crippen LogP) is 5.18. The molecule has 8 heteroatoms. The predicted molar refractivity (Wildman–Crippen MR) is 121 cm³/mol. The van der Waals surface area contributed by atoms with Gasteiger partial charge in [-0.05, 0) is 61.0 Å². The third-order valence-corrected chi connectivity index (χ3v) is 5.55. The molecule has 1 saturated heterocycles. The van der Waals surface area contributed by atoms with Crippen LogP contribution in [0.4, 0.5) is 11.4 Å². The molecule has 160 valence electrons. The third kappa shape index (κ3) is 3.74. The Morgan fingerprint density at radius 1 is 0.969 bits per heavy atom. The second kappa shape index (κ2) is 8.28. The van der Waals surface area contributed by atoms with Crippen molar-refractivity contribution in [3.8, 4) is 0 Å². The summed E-state index contributed by atoms with van der Waals surface area (Å²) < 4.78 is 0. The summed E-state index contributed by atoms with van der Waals surface area (Å²) in [5, 5.41) is 22.5. The van der Waals surface area contributed by atoms with Crippen molar-refractivity contribution in [3.05, 3.63) is 110 Å². The van der Waals surface area contributed by atoms with Crippen molar-refractivity contribution in [1.82, 2.24) is 0 Å². The average Bonchev–Trinajstić information content (AvgIpc) is 3.05. The largest absolute Gasteiger partial charge is 0.507 e. The number of carbonyl (C=O) groups is 2. The van der Waals surface area contributed by atoms with Crippen molar-refractivity contribution in [2.75, 3.05) is 4.90 Å². The topological polar surface area (TPSA) is 101 Å². The van der Waals surface area contributed by atoms with Crippen LogP contribution in [0, 0.1) is 17.0 Å². The number of anilines is 1. The quantitative estimate of drug-likeness (QED) is 0.195. The minimum Gasteiger partial charge on any atom is -0.507 e. The molecule has 1 amide bonds. The molecule has 1 heterocycles. The number of aryl methyl sites for hydroxylation is 1. The molecule has 0 radical (unpaired) electrons. The Balaban J connectivity index is 1.92. The summed E-state index contributed by atoms with van der Waals surface area (Å²) in [5.74, 6) is -1.99. The highest BCUT2D eigenvalue weighted by molar-refractivity contribution is 6.51. The number of aliphatic hydroxyl groups excluding tert-OH is 1. The van der Waals surface area contributed by atoms with Gasteiger partial charge >= 0.3 is 0 Å². The first-order valence-corrected chi connectivity index (χ1v) is 10.0. The number of nitrogens with zero attached hydrogens (tertiary/aromatic N) is 2. The first-order chi connectivity index (χ1) is 15.3. The number of rotatable bonds is 4. The molecule has 1 atom stereocenters. The molecule has 7 nitrogen and oxygen atoms in total. The van der Waals surface area contributed by atoms with Crippen LogP contribution in [0.5, 0.6) is 0 Å². The zero-order valence-corrected chi connectivity index (χ0v) is 17.6. The number of halogens is 1. The maximum absolute atomic E-state index is 13.1. The Morgan fingerprint density at radius 3 is 2.12 bits per heavy atom. The third-order valence-electron chi connectivity index (χ3n) is 5.29. The second-order valence-corrected chi connectivity index (χ2v) is 7.80. The molecule has 0 saturated carbocycles. The van der Waals surface area contributed by atoms with E-state index >= 15 is 0 Å². The molecular formula is C24H17ClN2O5. The molecule has 0 aromatic heterocycles. The Hall–Kier alpha value is -3.97. The lowest BCUT2D eigenvalue weighted by Crippen LogP contribution is -2.29. The van der Waals surface area contributed by atoms with E-state index in [4.69, 9.17) is 11.6 Å². The van der Waals surface area contributed by atoms with Crippen molar-refractivity contribution in [3.63, 3.8) is 0 Å². The van der Waals surface area contributed by atoms with Gasteiger partial charge in [-0.3, -0.25) is 24.6 Å². The molecule has 1 aliphatic heterocycles. The maximum Gasteiger partial charge on any atom is 0.300 e. The maximum atomic E-state index is 13.1. The van der Waals surface area contributed by atoms with Gasteiger partial charge in [-0.15, -0.1) is 0 Å². The fraction of sp³-hybridized carbons (Fsp3) is 0.0833. The van der Waals surface area contributed by atoms with Crippen molar-refractivity contribution in [2.24, 2.45) is 0 Å². The van der Waals surface area contributed by atoms with E-state index in [1.54, 1.807) is 48.5 Å². The smallest absolute Gasteiger partial charge is 0.300 e. The number of amides is 1. The standard InChI is InChI=1S/C24H17ClN2O5/c1-14-2-10-18(11-3-14)26-21(15-6-12-19(13-7-15)27(31)32)20(23(29)24(26)30)22(28)16-4-8-17(25)9-5-16/h2-13,21,28H,1H3/b22-20-. The number of carbonyl (C=O) groups excluding carboxylic acids is 2. The first kappa shape index (κ1) is 21.3. The Labute approximate surface area is 188 Å². The normalized spacial score (nSPS) is 17.6. The zero-order valence-electron chi connectivity index (χ0n) is 16.9. The van der Waals surface area contributed by atoms with Crippen LogP contribution in [-0.2, 0) is 9.59 Å². The van der Waals surface area contributed by atoms with Crippen molar-refractivity contribution >= 4 is 40.4 Å². The van der Waals surface area contributed by atoms with Crippen molar-refractivity contribution in [1.29, 1.82) is 0 Å². The van der Waals surface area contributed by atoms with Crippen LogP contribution in [0.1, 0.15) is 22.7 Å². The molecule has 0 aliphatic carbocycles. The monoisotopic (exact) mass is 448 g/mol. The Morgan fingerprint density at radius 2 is 1.56 bits per heavy atom. The average molecular weight is 449 g/mol. The molecule has 1 aliphatic rings. The fourth-order valence-corrected chi connectivity index (χ4v) is 3.79. The summed E-state index contributed by atoms with van der Waals surface area (Å²) in [6.45, 7) is 1.90. The van der Waals surface area contributed by atoms with Crippen LogP contribution in [0.15, 0.2) is 78.4 Å². The lowest BCUT2D eigenvalue weighted by atomic mass is 9.95. The SMILES string of the molecule is Cc1ccc(N2C(=O)C(=O)/C(=C(\O)c3ccc(Cl)cc3)C2c2ccc([N+](=O)[O-])cc2)cc1. The molecule has 32 heavy (non-hydrogen) atoms. The summed E-state index contributed by atoms with van der Waals surface area (Å²) in [7, 11) is 0. The number of nitro groups is 1. The van der Waals surface area contributed by atoms with Crippen LogP contribution in [0.2, 0.25) is 5.02 Å². The van der Waals surface area contributed by atoms with Gasteiger partial charge in [0, 0.05) is 28.4 Å². The lowest BCUT2D eigenvalue weighted by Gasteiger charge is -2.25. The van der Waals surface area contributed by atoms with Crippen LogP contribution >= 0.6 is 11.6 Å². The zero-order chi connectivity index (χ0) is 23.0. The van der Waals surface area contributed by atoms with Crippen LogP contribution < -0.4 is 4.90 Å². The summed E-state index contributed by atoms with van der Waals surface area (Å²) >= 11 is 5.93. The fourth-order valence-electron chi connectivity index (χ4n) is 3.66. The minimum absolute atomic E-state index is 0.105. The minimum atomic E-state index is -0.964. The molecule has 0 bridgehead atoms. The van der Waals surface area contributed by atoms with Gasteiger partial charge in [-0.25, -0.2) is 0 Å². The van der Waals surface area contributed by atoms with Gasteiger partial charge in [0.1, 0.15) is 5.76 Å². The molecule has 3 aromatic carbocycles. The molecule has 4 rings (SSSR count). The number of ketones is 1. The number of aliphatic hydroxyl groups is 1. The number of nitro benzene ring substituents is 1. The van der Waals surface area contributed by atoms with Gasteiger partial charge in [0.15, 0.2) is 0 Å². The molecule has 1 unspecified atom stereocenters. The van der Waals surface area contributed by atoms with Crippen LogP contribution in [0.3, 0.4) is 0 Å². The Kier molecular flexibility index (Phi) is 5.50. The van der Waals surface area contributed by atoms with E-state index in [-0.39, 0.29) is 17.0 Å². The highest BCUT2D eigenvalue weighted by Gasteiger charge is 2.47. The van der Waals surface area contributed by atoms with Gasteiger partial charge in [0.25, 0.3) is 17.4 Å². The van der Waals surface area contributed by atoms with E-state index in [2.05, 4.69) is 0 Å². The van der Waals surface area contributed by atoms with Gasteiger partial charge in [-0.2, -0.15) is 0 Å². The second-order valence-electron chi connectivity index (χ2n) is 7.36. The number of Topliss-reactive ketones (excluding diaryl/α,β-unsaturated/α-hetero) is 1. The van der Waals surface area contributed by atoms with Gasteiger partial charge in [0.05, 0.1) is 16.5 Å².